The van der Waals surface area contributed by atoms with Gasteiger partial charge in [0.2, 0.25) is 0 Å². The second kappa shape index (κ2) is 9.63. The first-order chi connectivity index (χ1) is 17.5. The Labute approximate surface area is 207 Å². The van der Waals surface area contributed by atoms with Crippen molar-refractivity contribution in [3.8, 4) is 0 Å². The standard InChI is InChI=1S/C28H23N5O3/c1-17-9-10-20(30-26(34)18-6-3-2-4-7-18)15-24(17)33-28(36)31-21-11-12-22-23(14-19-8-5-13-29-19)27(35)32-25(22)16-21/h2-16,29H,1H3,(H,30,34)(H,32,35)(H2,31,33,36)/b23-14-. The molecule has 0 unspecified atom stereocenters. The molecule has 0 atom stereocenters. The molecule has 4 aromatic rings. The summed E-state index contributed by atoms with van der Waals surface area (Å²) in [6.07, 6.45) is 3.58. The SMILES string of the molecule is Cc1ccc(NC(=O)c2ccccc2)cc1NC(=O)Nc1ccc2c(c1)NC(=O)/C2=C\c1ccc[nH]1. The zero-order chi connectivity index (χ0) is 25.1. The zero-order valence-corrected chi connectivity index (χ0v) is 19.4. The molecule has 8 heteroatoms. The second-order valence-electron chi connectivity index (χ2n) is 8.33. The monoisotopic (exact) mass is 477 g/mol. The molecule has 5 rings (SSSR count). The van der Waals surface area contributed by atoms with Gasteiger partial charge < -0.3 is 26.3 Å². The highest BCUT2D eigenvalue weighted by molar-refractivity contribution is 6.35. The lowest BCUT2D eigenvalue weighted by Crippen LogP contribution is -2.20. The van der Waals surface area contributed by atoms with Gasteiger partial charge in [0.25, 0.3) is 11.8 Å². The van der Waals surface area contributed by atoms with Crippen molar-refractivity contribution in [3.63, 3.8) is 0 Å². The van der Waals surface area contributed by atoms with Crippen molar-refractivity contribution >= 4 is 52.2 Å². The maximum absolute atomic E-state index is 12.7. The molecular formula is C28H23N5O3. The number of H-pyrrole nitrogens is 1. The van der Waals surface area contributed by atoms with Gasteiger partial charge in [0.15, 0.2) is 0 Å². The summed E-state index contributed by atoms with van der Waals surface area (Å²) in [5, 5.41) is 11.3. The number of aromatic amines is 1. The van der Waals surface area contributed by atoms with Gasteiger partial charge in [-0.15, -0.1) is 0 Å². The average Bonchev–Trinajstić information content (AvgIpc) is 3.49. The van der Waals surface area contributed by atoms with Gasteiger partial charge in [-0.1, -0.05) is 30.3 Å². The fourth-order valence-electron chi connectivity index (χ4n) is 3.92. The first-order valence-corrected chi connectivity index (χ1v) is 11.3. The van der Waals surface area contributed by atoms with Gasteiger partial charge in [0.05, 0.1) is 11.3 Å². The van der Waals surface area contributed by atoms with Gasteiger partial charge in [-0.3, -0.25) is 9.59 Å². The van der Waals surface area contributed by atoms with Gasteiger partial charge >= 0.3 is 6.03 Å². The van der Waals surface area contributed by atoms with E-state index in [9.17, 15) is 14.4 Å². The van der Waals surface area contributed by atoms with Crippen LogP contribution in [0.15, 0.2) is 85.1 Å². The van der Waals surface area contributed by atoms with Crippen molar-refractivity contribution in [1.29, 1.82) is 0 Å². The number of aryl methyl sites for hydroxylation is 1. The molecule has 1 aromatic heterocycles. The number of hydrogen-bond donors (Lipinski definition) is 5. The third-order valence-corrected chi connectivity index (χ3v) is 5.76. The first-order valence-electron chi connectivity index (χ1n) is 11.3. The quantitative estimate of drug-likeness (QED) is 0.237. The minimum Gasteiger partial charge on any atom is -0.362 e. The molecule has 0 bridgehead atoms. The lowest BCUT2D eigenvalue weighted by Gasteiger charge is -2.13. The molecular weight excluding hydrogens is 454 g/mol. The van der Waals surface area contributed by atoms with E-state index >= 15 is 0 Å². The molecule has 4 amide bonds. The van der Waals surface area contributed by atoms with E-state index < -0.39 is 6.03 Å². The predicted octanol–water partition coefficient (Wildman–Crippen LogP) is 5.71. The summed E-state index contributed by atoms with van der Waals surface area (Å²) < 4.78 is 0. The Kier molecular flexibility index (Phi) is 6.07. The largest absolute Gasteiger partial charge is 0.362 e. The van der Waals surface area contributed by atoms with Crippen LogP contribution in [0, 0.1) is 6.92 Å². The lowest BCUT2D eigenvalue weighted by atomic mass is 10.1. The van der Waals surface area contributed by atoms with E-state index in [1.165, 1.54) is 0 Å². The molecule has 5 N–H and O–H groups in total. The Hall–Kier alpha value is -5.11. The molecule has 1 aliphatic rings. The van der Waals surface area contributed by atoms with Gasteiger partial charge in [0, 0.05) is 40.1 Å². The molecule has 2 heterocycles. The van der Waals surface area contributed by atoms with Crippen LogP contribution in [0.5, 0.6) is 0 Å². The normalized spacial score (nSPS) is 13.1. The van der Waals surface area contributed by atoms with E-state index in [-0.39, 0.29) is 11.8 Å². The molecule has 0 saturated carbocycles. The second-order valence-corrected chi connectivity index (χ2v) is 8.33. The third-order valence-electron chi connectivity index (χ3n) is 5.76. The van der Waals surface area contributed by atoms with Crippen LogP contribution >= 0.6 is 0 Å². The van der Waals surface area contributed by atoms with Gasteiger partial charge in [-0.05, 0) is 67.1 Å². The van der Waals surface area contributed by atoms with Crippen LogP contribution in [-0.2, 0) is 4.79 Å². The molecule has 178 valence electrons. The van der Waals surface area contributed by atoms with Gasteiger partial charge in [-0.25, -0.2) is 4.79 Å². The number of fused-ring (bicyclic) bond motifs is 1. The summed E-state index contributed by atoms with van der Waals surface area (Å²) in [5.41, 5.74) is 5.79. The van der Waals surface area contributed by atoms with E-state index in [1.54, 1.807) is 66.9 Å². The lowest BCUT2D eigenvalue weighted by molar-refractivity contribution is -0.110. The first kappa shape index (κ1) is 22.7. The van der Waals surface area contributed by atoms with Crippen molar-refractivity contribution in [2.24, 2.45) is 0 Å². The summed E-state index contributed by atoms with van der Waals surface area (Å²) in [4.78, 5) is 40.7. The minimum atomic E-state index is -0.448. The van der Waals surface area contributed by atoms with Crippen molar-refractivity contribution < 1.29 is 14.4 Å². The highest BCUT2D eigenvalue weighted by Gasteiger charge is 2.24. The van der Waals surface area contributed by atoms with Crippen LogP contribution in [0.1, 0.15) is 27.2 Å². The number of benzene rings is 3. The van der Waals surface area contributed by atoms with E-state index in [0.717, 1.165) is 16.8 Å². The van der Waals surface area contributed by atoms with Crippen LogP contribution in [0.2, 0.25) is 0 Å². The zero-order valence-electron chi connectivity index (χ0n) is 19.4. The number of nitrogens with one attached hydrogen (secondary N) is 5. The van der Waals surface area contributed by atoms with Crippen molar-refractivity contribution in [2.45, 2.75) is 6.92 Å². The average molecular weight is 478 g/mol. The number of carbonyl (C=O) groups is 3. The van der Waals surface area contributed by atoms with E-state index in [0.29, 0.717) is 33.9 Å². The maximum Gasteiger partial charge on any atom is 0.323 e. The van der Waals surface area contributed by atoms with E-state index in [1.807, 2.05) is 31.2 Å². The molecule has 3 aromatic carbocycles. The van der Waals surface area contributed by atoms with Crippen LogP contribution < -0.4 is 21.3 Å². The summed E-state index contributed by atoms with van der Waals surface area (Å²) in [6, 6.07) is 22.7. The highest BCUT2D eigenvalue weighted by Crippen LogP contribution is 2.35. The number of hydrogen-bond acceptors (Lipinski definition) is 3. The number of urea groups is 1. The Morgan fingerprint density at radius 1 is 0.833 bits per heavy atom. The van der Waals surface area contributed by atoms with Gasteiger partial charge in [-0.2, -0.15) is 0 Å². The van der Waals surface area contributed by atoms with Crippen molar-refractivity contribution in [2.75, 3.05) is 21.3 Å². The molecule has 0 saturated heterocycles. The topological polar surface area (TPSA) is 115 Å². The Balaban J connectivity index is 1.27. The molecule has 0 fully saturated rings. The number of amides is 4. The molecule has 36 heavy (non-hydrogen) atoms. The van der Waals surface area contributed by atoms with Crippen LogP contribution in [0.25, 0.3) is 11.6 Å². The predicted molar refractivity (Wildman–Crippen MR) is 142 cm³/mol. The molecule has 8 nitrogen and oxygen atoms in total. The number of anilines is 4. The maximum atomic E-state index is 12.7. The third kappa shape index (κ3) is 4.88. The summed E-state index contributed by atoms with van der Waals surface area (Å²) in [7, 11) is 0. The number of carbonyl (C=O) groups excluding carboxylic acids is 3. The summed E-state index contributed by atoms with van der Waals surface area (Å²) in [5.74, 6) is -0.439. The smallest absolute Gasteiger partial charge is 0.323 e. The van der Waals surface area contributed by atoms with Gasteiger partial charge in [0.1, 0.15) is 0 Å². The van der Waals surface area contributed by atoms with Crippen LogP contribution in [-0.4, -0.2) is 22.8 Å². The molecule has 0 radical (unpaired) electrons. The Bertz CT molecular complexity index is 1490. The van der Waals surface area contributed by atoms with Crippen molar-refractivity contribution in [3.05, 3.63) is 107 Å². The minimum absolute atomic E-state index is 0.203. The summed E-state index contributed by atoms with van der Waals surface area (Å²) >= 11 is 0. The number of aromatic nitrogens is 1. The molecule has 1 aliphatic heterocycles. The van der Waals surface area contributed by atoms with Crippen molar-refractivity contribution in [1.82, 2.24) is 4.98 Å². The Morgan fingerprint density at radius 2 is 1.61 bits per heavy atom. The van der Waals surface area contributed by atoms with Crippen LogP contribution in [0.4, 0.5) is 27.5 Å². The summed E-state index contributed by atoms with van der Waals surface area (Å²) in [6.45, 7) is 1.86. The number of rotatable bonds is 5. The van der Waals surface area contributed by atoms with E-state index in [4.69, 9.17) is 0 Å². The molecule has 0 spiro atoms. The Morgan fingerprint density at radius 3 is 2.39 bits per heavy atom. The fourth-order valence-corrected chi connectivity index (χ4v) is 3.92. The molecule has 0 aliphatic carbocycles. The highest BCUT2D eigenvalue weighted by atomic mass is 16.2. The fraction of sp³-hybridized carbons (Fsp3) is 0.0357. The van der Waals surface area contributed by atoms with E-state index in [2.05, 4.69) is 26.3 Å². The van der Waals surface area contributed by atoms with Crippen LogP contribution in [0.3, 0.4) is 0 Å².